The fraction of sp³-hybridized carbons (Fsp3) is 0.103. The SMILES string of the molecule is O=C(Cc1nc2ccc(-c3ccccc3)cc2s1)NCc1ccnc(C(=O)OCc2ccccc2)c1. The summed E-state index contributed by atoms with van der Waals surface area (Å²) in [5.74, 6) is -0.640. The van der Waals surface area contributed by atoms with E-state index >= 15 is 0 Å². The van der Waals surface area contributed by atoms with Gasteiger partial charge in [0.1, 0.15) is 17.3 Å². The number of fused-ring (bicyclic) bond motifs is 1. The summed E-state index contributed by atoms with van der Waals surface area (Å²) in [6.07, 6.45) is 1.73. The van der Waals surface area contributed by atoms with Gasteiger partial charge in [-0.15, -0.1) is 11.3 Å². The second-order valence-electron chi connectivity index (χ2n) is 8.22. The van der Waals surface area contributed by atoms with E-state index < -0.39 is 5.97 Å². The van der Waals surface area contributed by atoms with E-state index in [1.54, 1.807) is 18.3 Å². The summed E-state index contributed by atoms with van der Waals surface area (Å²) < 4.78 is 6.39. The number of ether oxygens (including phenoxy) is 1. The van der Waals surface area contributed by atoms with E-state index in [1.165, 1.54) is 11.3 Å². The predicted octanol–water partition coefficient (Wildman–Crippen LogP) is 5.57. The van der Waals surface area contributed by atoms with Crippen molar-refractivity contribution >= 4 is 33.4 Å². The monoisotopic (exact) mass is 493 g/mol. The van der Waals surface area contributed by atoms with Crippen LogP contribution in [0.2, 0.25) is 0 Å². The van der Waals surface area contributed by atoms with E-state index in [1.807, 2.05) is 60.7 Å². The number of hydrogen-bond acceptors (Lipinski definition) is 6. The molecule has 2 aromatic heterocycles. The van der Waals surface area contributed by atoms with Crippen molar-refractivity contribution in [1.29, 1.82) is 0 Å². The molecule has 0 aliphatic rings. The second kappa shape index (κ2) is 10.9. The van der Waals surface area contributed by atoms with Crippen LogP contribution in [0.5, 0.6) is 0 Å². The van der Waals surface area contributed by atoms with Crippen LogP contribution in [0.1, 0.15) is 26.6 Å². The molecule has 5 rings (SSSR count). The molecule has 178 valence electrons. The molecule has 0 aliphatic carbocycles. The number of hydrogen-bond donors (Lipinski definition) is 1. The van der Waals surface area contributed by atoms with Gasteiger partial charge >= 0.3 is 5.97 Å². The molecular formula is C29H23N3O3S. The number of thiazole rings is 1. The molecule has 3 aromatic carbocycles. The van der Waals surface area contributed by atoms with Gasteiger partial charge in [-0.2, -0.15) is 0 Å². The van der Waals surface area contributed by atoms with Gasteiger partial charge in [-0.05, 0) is 46.5 Å². The summed E-state index contributed by atoms with van der Waals surface area (Å²) in [5.41, 5.74) is 5.03. The molecular weight excluding hydrogens is 470 g/mol. The second-order valence-corrected chi connectivity index (χ2v) is 9.34. The lowest BCUT2D eigenvalue weighted by molar-refractivity contribution is -0.120. The first-order chi connectivity index (χ1) is 17.6. The summed E-state index contributed by atoms with van der Waals surface area (Å²) in [5, 5.41) is 3.66. The Morgan fingerprint density at radius 1 is 0.833 bits per heavy atom. The van der Waals surface area contributed by atoms with Gasteiger partial charge in [0, 0.05) is 12.7 Å². The van der Waals surface area contributed by atoms with Crippen molar-refractivity contribution in [3.8, 4) is 11.1 Å². The number of rotatable bonds is 8. The maximum atomic E-state index is 12.6. The van der Waals surface area contributed by atoms with Gasteiger partial charge < -0.3 is 10.1 Å². The minimum Gasteiger partial charge on any atom is -0.456 e. The Morgan fingerprint density at radius 3 is 2.42 bits per heavy atom. The van der Waals surface area contributed by atoms with Crippen LogP contribution in [0.4, 0.5) is 0 Å². The summed E-state index contributed by atoms with van der Waals surface area (Å²) in [7, 11) is 0. The molecule has 0 saturated heterocycles. The number of benzene rings is 3. The molecule has 2 heterocycles. The number of pyridine rings is 1. The first-order valence-corrected chi connectivity index (χ1v) is 12.3. The Kier molecular flexibility index (Phi) is 7.10. The van der Waals surface area contributed by atoms with Crippen molar-refractivity contribution in [3.05, 3.63) is 119 Å². The lowest BCUT2D eigenvalue weighted by Gasteiger charge is -2.07. The van der Waals surface area contributed by atoms with E-state index in [0.29, 0.717) is 0 Å². The van der Waals surface area contributed by atoms with Crippen LogP contribution in [0.3, 0.4) is 0 Å². The molecule has 0 bridgehead atoms. The van der Waals surface area contributed by atoms with Crippen LogP contribution in [-0.2, 0) is 29.1 Å². The molecule has 6 nitrogen and oxygen atoms in total. The summed E-state index contributed by atoms with van der Waals surface area (Å²) in [6, 6.07) is 29.2. The molecule has 0 atom stereocenters. The highest BCUT2D eigenvalue weighted by Gasteiger charge is 2.12. The van der Waals surface area contributed by atoms with Crippen LogP contribution in [-0.4, -0.2) is 21.8 Å². The van der Waals surface area contributed by atoms with Crippen molar-refractivity contribution in [3.63, 3.8) is 0 Å². The molecule has 0 spiro atoms. The molecule has 0 aliphatic heterocycles. The average Bonchev–Trinajstić information content (AvgIpc) is 3.33. The molecule has 0 saturated carbocycles. The highest BCUT2D eigenvalue weighted by atomic mass is 32.1. The Bertz CT molecular complexity index is 1500. The van der Waals surface area contributed by atoms with Crippen molar-refractivity contribution in [1.82, 2.24) is 15.3 Å². The van der Waals surface area contributed by atoms with E-state index in [4.69, 9.17) is 4.74 Å². The Morgan fingerprint density at radius 2 is 1.61 bits per heavy atom. The van der Waals surface area contributed by atoms with Crippen LogP contribution in [0, 0.1) is 0 Å². The number of carbonyl (C=O) groups excluding carboxylic acids is 2. The highest BCUT2D eigenvalue weighted by Crippen LogP contribution is 2.28. The van der Waals surface area contributed by atoms with Crippen LogP contribution in [0.15, 0.2) is 97.2 Å². The van der Waals surface area contributed by atoms with Gasteiger partial charge in [0.05, 0.1) is 16.6 Å². The Hall–Kier alpha value is -4.36. The van der Waals surface area contributed by atoms with Gasteiger partial charge in [-0.25, -0.2) is 14.8 Å². The zero-order chi connectivity index (χ0) is 24.7. The zero-order valence-electron chi connectivity index (χ0n) is 19.4. The lowest BCUT2D eigenvalue weighted by Crippen LogP contribution is -2.24. The molecule has 0 radical (unpaired) electrons. The van der Waals surface area contributed by atoms with Crippen LogP contribution in [0.25, 0.3) is 21.3 Å². The number of aromatic nitrogens is 2. The molecule has 1 N–H and O–H groups in total. The van der Waals surface area contributed by atoms with Crippen molar-refractivity contribution in [2.24, 2.45) is 0 Å². The smallest absolute Gasteiger partial charge is 0.357 e. The third kappa shape index (κ3) is 5.82. The Balaban J connectivity index is 1.17. The molecule has 0 fully saturated rings. The maximum absolute atomic E-state index is 12.6. The molecule has 5 aromatic rings. The average molecular weight is 494 g/mol. The number of nitrogens with one attached hydrogen (secondary N) is 1. The molecule has 1 amide bonds. The predicted molar refractivity (Wildman–Crippen MR) is 140 cm³/mol. The summed E-state index contributed by atoms with van der Waals surface area (Å²) in [6.45, 7) is 0.459. The number of carbonyl (C=O) groups is 2. The highest BCUT2D eigenvalue weighted by molar-refractivity contribution is 7.18. The van der Waals surface area contributed by atoms with Crippen LogP contribution < -0.4 is 5.32 Å². The van der Waals surface area contributed by atoms with E-state index in [2.05, 4.69) is 33.5 Å². The molecule has 0 unspecified atom stereocenters. The number of amides is 1. The summed E-state index contributed by atoms with van der Waals surface area (Å²) in [4.78, 5) is 33.7. The standard InChI is InChI=1S/C29H23N3O3S/c33-27(17-28-32-24-12-11-23(16-26(24)36-28)22-9-5-2-6-10-22)31-18-21-13-14-30-25(15-21)29(34)35-19-20-7-3-1-4-8-20/h1-16H,17-19H2,(H,31,33). The normalized spacial score (nSPS) is 10.8. The Labute approximate surface area is 212 Å². The minimum atomic E-state index is -0.503. The van der Waals surface area contributed by atoms with E-state index in [9.17, 15) is 9.59 Å². The molecule has 7 heteroatoms. The number of esters is 1. The van der Waals surface area contributed by atoms with Crippen molar-refractivity contribution < 1.29 is 14.3 Å². The van der Waals surface area contributed by atoms with Gasteiger partial charge in [0.2, 0.25) is 5.91 Å². The minimum absolute atomic E-state index is 0.137. The maximum Gasteiger partial charge on any atom is 0.357 e. The van der Waals surface area contributed by atoms with E-state index in [0.717, 1.165) is 37.5 Å². The van der Waals surface area contributed by atoms with Gasteiger partial charge in [0.15, 0.2) is 0 Å². The van der Waals surface area contributed by atoms with Gasteiger partial charge in [-0.1, -0.05) is 66.7 Å². The van der Waals surface area contributed by atoms with Crippen molar-refractivity contribution in [2.45, 2.75) is 19.6 Å². The molecule has 36 heavy (non-hydrogen) atoms. The summed E-state index contributed by atoms with van der Waals surface area (Å²) >= 11 is 1.52. The lowest BCUT2D eigenvalue weighted by atomic mass is 10.1. The third-order valence-electron chi connectivity index (χ3n) is 5.59. The van der Waals surface area contributed by atoms with Crippen LogP contribution >= 0.6 is 11.3 Å². The van der Waals surface area contributed by atoms with E-state index in [-0.39, 0.29) is 31.2 Å². The number of nitrogens with zero attached hydrogens (tertiary/aromatic N) is 2. The topological polar surface area (TPSA) is 81.2 Å². The van der Waals surface area contributed by atoms with Gasteiger partial charge in [0.25, 0.3) is 0 Å². The largest absolute Gasteiger partial charge is 0.456 e. The third-order valence-corrected chi connectivity index (χ3v) is 6.61. The zero-order valence-corrected chi connectivity index (χ0v) is 20.2. The first kappa shape index (κ1) is 23.4. The van der Waals surface area contributed by atoms with Gasteiger partial charge in [-0.3, -0.25) is 4.79 Å². The van der Waals surface area contributed by atoms with Crippen molar-refractivity contribution in [2.75, 3.05) is 0 Å². The fourth-order valence-electron chi connectivity index (χ4n) is 3.75. The quantitative estimate of drug-likeness (QED) is 0.286. The fourth-order valence-corrected chi connectivity index (χ4v) is 4.76. The first-order valence-electron chi connectivity index (χ1n) is 11.5.